The van der Waals surface area contributed by atoms with Crippen LogP contribution in [0.4, 0.5) is 0 Å². The van der Waals surface area contributed by atoms with Gasteiger partial charge in [-0.1, -0.05) is 0 Å². The van der Waals surface area contributed by atoms with Gasteiger partial charge in [0.05, 0.1) is 0 Å². The predicted molar refractivity (Wildman–Crippen MR) is 34.5 cm³/mol. The van der Waals surface area contributed by atoms with Gasteiger partial charge >= 0.3 is 5.97 Å². The van der Waals surface area contributed by atoms with E-state index in [0.717, 1.165) is 0 Å². The number of carboxylic acid groups (broad SMARTS) is 1. The fourth-order valence-electron chi connectivity index (χ4n) is 0.653. The summed E-state index contributed by atoms with van der Waals surface area (Å²) in [7, 11) is 0. The van der Waals surface area contributed by atoms with Crippen molar-refractivity contribution in [3.05, 3.63) is 12.7 Å². The van der Waals surface area contributed by atoms with E-state index in [-0.39, 0.29) is 6.54 Å². The van der Waals surface area contributed by atoms with Crippen molar-refractivity contribution in [3.63, 3.8) is 0 Å². The Labute approximate surface area is 62.8 Å². The molecule has 0 saturated heterocycles. The van der Waals surface area contributed by atoms with Gasteiger partial charge in [0.25, 0.3) is 0 Å². The molecule has 0 aliphatic heterocycles. The van der Waals surface area contributed by atoms with Crippen LogP contribution < -0.4 is 0 Å². The van der Waals surface area contributed by atoms with Gasteiger partial charge in [-0.15, -0.1) is 5.10 Å². The normalized spacial score (nSPS) is 9.91. The second-order valence-corrected chi connectivity index (χ2v) is 1.90. The van der Waals surface area contributed by atoms with Crippen LogP contribution in [0.25, 0.3) is 0 Å². The van der Waals surface area contributed by atoms with Crippen molar-refractivity contribution < 1.29 is 9.90 Å². The summed E-state index contributed by atoms with van der Waals surface area (Å²) in [5.74, 6) is -0.487. The molecule has 0 saturated carbocycles. The van der Waals surface area contributed by atoms with Gasteiger partial charge in [-0.05, 0) is 17.4 Å². The number of aromatic nitrogens is 4. The fraction of sp³-hybridized carbons (Fsp3) is 0.400. The van der Waals surface area contributed by atoms with Crippen LogP contribution in [-0.4, -0.2) is 31.3 Å². The Morgan fingerprint density at radius 3 is 3.00 bits per heavy atom. The highest BCUT2D eigenvalue weighted by Gasteiger charge is 2.05. The number of rotatable bonds is 3. The minimum Gasteiger partial charge on any atom is -0.480 e. The molecule has 1 heterocycles. The van der Waals surface area contributed by atoms with E-state index in [4.69, 9.17) is 5.11 Å². The lowest BCUT2D eigenvalue weighted by Crippen LogP contribution is -2.12. The zero-order valence-corrected chi connectivity index (χ0v) is 5.77. The van der Waals surface area contributed by atoms with Crippen LogP contribution in [0.5, 0.6) is 0 Å². The third-order valence-electron chi connectivity index (χ3n) is 1.11. The summed E-state index contributed by atoms with van der Waals surface area (Å²) in [6, 6.07) is 0. The fourth-order valence-corrected chi connectivity index (χ4v) is 0.653. The molecule has 0 spiro atoms. The van der Waals surface area contributed by atoms with E-state index in [1.165, 1.54) is 4.68 Å². The highest BCUT2D eigenvalue weighted by molar-refractivity contribution is 5.66. The molecule has 1 radical (unpaired) electrons. The van der Waals surface area contributed by atoms with Gasteiger partial charge in [-0.2, -0.15) is 0 Å². The van der Waals surface area contributed by atoms with Gasteiger partial charge in [-0.25, -0.2) is 4.68 Å². The lowest BCUT2D eigenvalue weighted by Gasteiger charge is -1.95. The van der Waals surface area contributed by atoms with Crippen LogP contribution in [-0.2, 0) is 17.8 Å². The first-order valence-electron chi connectivity index (χ1n) is 3.00. The zero-order chi connectivity index (χ0) is 8.27. The Hall–Kier alpha value is -1.46. The van der Waals surface area contributed by atoms with Crippen molar-refractivity contribution in [3.8, 4) is 0 Å². The van der Waals surface area contributed by atoms with E-state index in [2.05, 4.69) is 22.4 Å². The van der Waals surface area contributed by atoms with Crippen LogP contribution in [0.15, 0.2) is 0 Å². The maximum atomic E-state index is 10.2. The number of aliphatic carboxylic acids is 1. The summed E-state index contributed by atoms with van der Waals surface area (Å²) < 4.78 is 1.20. The molecule has 6 nitrogen and oxygen atoms in total. The van der Waals surface area contributed by atoms with Crippen LogP contribution in [0.2, 0.25) is 0 Å². The van der Waals surface area contributed by atoms with E-state index in [1.54, 1.807) is 0 Å². The van der Waals surface area contributed by atoms with E-state index in [1.807, 2.05) is 0 Å². The Morgan fingerprint density at radius 2 is 2.45 bits per heavy atom. The second kappa shape index (κ2) is 3.09. The SMILES string of the molecule is [CH2]Cc1nnnn1CC(=O)O. The number of tetrazole rings is 1. The molecule has 0 fully saturated rings. The molecule has 11 heavy (non-hydrogen) atoms. The van der Waals surface area contributed by atoms with Gasteiger partial charge < -0.3 is 5.11 Å². The molecular weight excluding hydrogens is 148 g/mol. The van der Waals surface area contributed by atoms with Gasteiger partial charge in [0.15, 0.2) is 5.82 Å². The molecule has 0 aromatic carbocycles. The first kappa shape index (κ1) is 7.64. The van der Waals surface area contributed by atoms with Gasteiger partial charge in [0.2, 0.25) is 0 Å². The summed E-state index contributed by atoms with van der Waals surface area (Å²) in [6.45, 7) is 3.33. The number of hydrogen-bond donors (Lipinski definition) is 1. The first-order chi connectivity index (χ1) is 5.24. The quantitative estimate of drug-likeness (QED) is 0.613. The Morgan fingerprint density at radius 1 is 1.73 bits per heavy atom. The van der Waals surface area contributed by atoms with Crippen LogP contribution >= 0.6 is 0 Å². The standard InChI is InChI=1S/C5H7N4O2/c1-2-4-6-7-8-9(4)3-5(10)11/h1-3H2,(H,10,11). The topological polar surface area (TPSA) is 80.9 Å². The minimum absolute atomic E-state index is 0.210. The average Bonchev–Trinajstić information content (AvgIpc) is 2.34. The largest absolute Gasteiger partial charge is 0.480 e. The molecule has 0 unspecified atom stereocenters. The van der Waals surface area contributed by atoms with E-state index in [9.17, 15) is 4.79 Å². The van der Waals surface area contributed by atoms with E-state index >= 15 is 0 Å². The van der Waals surface area contributed by atoms with Crippen molar-refractivity contribution in [1.82, 2.24) is 20.2 Å². The lowest BCUT2D eigenvalue weighted by atomic mass is 10.4. The van der Waals surface area contributed by atoms with Gasteiger partial charge in [0, 0.05) is 6.42 Å². The monoisotopic (exact) mass is 155 g/mol. The molecule has 0 amide bonds. The number of nitrogens with zero attached hydrogens (tertiary/aromatic N) is 4. The number of carboxylic acids is 1. The highest BCUT2D eigenvalue weighted by atomic mass is 16.4. The molecule has 0 bridgehead atoms. The number of hydrogen-bond acceptors (Lipinski definition) is 4. The smallest absolute Gasteiger partial charge is 0.325 e. The molecular formula is C5H7N4O2. The minimum atomic E-state index is -0.966. The zero-order valence-electron chi connectivity index (χ0n) is 5.77. The predicted octanol–water partition coefficient (Wildman–Crippen LogP) is -0.866. The molecule has 1 aromatic heterocycles. The third-order valence-corrected chi connectivity index (χ3v) is 1.11. The molecule has 0 atom stereocenters. The van der Waals surface area contributed by atoms with Crippen LogP contribution in [0.1, 0.15) is 5.82 Å². The second-order valence-electron chi connectivity index (χ2n) is 1.90. The molecule has 1 aromatic rings. The van der Waals surface area contributed by atoms with E-state index < -0.39 is 5.97 Å². The summed E-state index contributed by atoms with van der Waals surface area (Å²) in [5, 5.41) is 18.7. The highest BCUT2D eigenvalue weighted by Crippen LogP contribution is 1.91. The molecule has 6 heteroatoms. The maximum absolute atomic E-state index is 10.2. The van der Waals surface area contributed by atoms with Crippen LogP contribution in [0, 0.1) is 6.92 Å². The third kappa shape index (κ3) is 1.73. The van der Waals surface area contributed by atoms with Gasteiger partial charge in [-0.3, -0.25) is 4.79 Å². The average molecular weight is 155 g/mol. The Balaban J connectivity index is 2.76. The Kier molecular flexibility index (Phi) is 2.15. The summed E-state index contributed by atoms with van der Waals surface area (Å²) >= 11 is 0. The molecule has 1 rings (SSSR count). The van der Waals surface area contributed by atoms with Gasteiger partial charge in [0.1, 0.15) is 6.54 Å². The maximum Gasteiger partial charge on any atom is 0.325 e. The summed E-state index contributed by atoms with van der Waals surface area (Å²) in [6.07, 6.45) is 0.389. The molecule has 59 valence electrons. The van der Waals surface area contributed by atoms with Crippen molar-refractivity contribution in [2.24, 2.45) is 0 Å². The van der Waals surface area contributed by atoms with Crippen molar-refractivity contribution >= 4 is 5.97 Å². The molecule has 0 aliphatic carbocycles. The Bertz CT molecular complexity index is 257. The summed E-state index contributed by atoms with van der Waals surface area (Å²) in [5.41, 5.74) is 0. The number of carbonyl (C=O) groups is 1. The van der Waals surface area contributed by atoms with E-state index in [0.29, 0.717) is 12.2 Å². The lowest BCUT2D eigenvalue weighted by molar-refractivity contribution is -0.137. The summed E-state index contributed by atoms with van der Waals surface area (Å²) in [4.78, 5) is 10.2. The first-order valence-corrected chi connectivity index (χ1v) is 3.00. The molecule has 1 N–H and O–H groups in total. The van der Waals surface area contributed by atoms with Crippen molar-refractivity contribution in [1.29, 1.82) is 0 Å². The van der Waals surface area contributed by atoms with Crippen molar-refractivity contribution in [2.75, 3.05) is 0 Å². The van der Waals surface area contributed by atoms with Crippen LogP contribution in [0.3, 0.4) is 0 Å². The van der Waals surface area contributed by atoms with Crippen molar-refractivity contribution in [2.45, 2.75) is 13.0 Å². The molecule has 0 aliphatic rings.